The Morgan fingerprint density at radius 1 is 1.25 bits per heavy atom. The Bertz CT molecular complexity index is 450. The first-order valence-corrected chi connectivity index (χ1v) is 6.34. The number of hydrogen-bond donors (Lipinski definition) is 2. The van der Waals surface area contributed by atoms with Gasteiger partial charge in [0, 0.05) is 34.1 Å². The van der Waals surface area contributed by atoms with E-state index in [1.807, 2.05) is 24.3 Å². The zero-order valence-corrected chi connectivity index (χ0v) is 10.3. The monoisotopic (exact) mass is 252 g/mol. The van der Waals surface area contributed by atoms with Gasteiger partial charge < -0.3 is 11.1 Å². The predicted octanol–water partition coefficient (Wildman–Crippen LogP) is 3.44. The summed E-state index contributed by atoms with van der Waals surface area (Å²) in [5.41, 5.74) is 7.75. The lowest BCUT2D eigenvalue weighted by Crippen LogP contribution is -2.12. The van der Waals surface area contributed by atoms with Gasteiger partial charge in [-0.25, -0.2) is 0 Å². The summed E-state index contributed by atoms with van der Waals surface area (Å²) in [5.74, 6) is 0. The molecule has 84 valence electrons. The molecule has 0 amide bonds. The van der Waals surface area contributed by atoms with Gasteiger partial charge in [0.05, 0.1) is 0 Å². The number of anilines is 1. The molecule has 16 heavy (non-hydrogen) atoms. The number of thiophene rings is 1. The van der Waals surface area contributed by atoms with Gasteiger partial charge in [0.15, 0.2) is 0 Å². The normalized spacial score (nSPS) is 10.4. The Hall–Kier alpha value is -1.03. The predicted molar refractivity (Wildman–Crippen MR) is 72.3 cm³/mol. The van der Waals surface area contributed by atoms with Crippen LogP contribution in [0, 0.1) is 0 Å². The van der Waals surface area contributed by atoms with Crippen LogP contribution in [0.1, 0.15) is 0 Å². The molecule has 0 fully saturated rings. The van der Waals surface area contributed by atoms with Crippen molar-refractivity contribution in [1.82, 2.24) is 0 Å². The van der Waals surface area contributed by atoms with Crippen LogP contribution in [0.15, 0.2) is 35.7 Å². The zero-order chi connectivity index (χ0) is 11.4. The minimum absolute atomic E-state index is 0.645. The molecule has 1 aromatic heterocycles. The lowest BCUT2D eigenvalue weighted by molar-refractivity contribution is 1.03. The fourth-order valence-corrected chi connectivity index (χ4v) is 2.41. The Labute approximate surface area is 104 Å². The molecular formula is C12H13ClN2S. The highest BCUT2D eigenvalue weighted by atomic mass is 35.5. The van der Waals surface area contributed by atoms with E-state index in [2.05, 4.69) is 16.8 Å². The van der Waals surface area contributed by atoms with E-state index in [4.69, 9.17) is 17.3 Å². The first-order chi connectivity index (χ1) is 7.79. The minimum Gasteiger partial charge on any atom is -0.383 e. The standard InChI is InChI=1S/C12H13ClN2S/c13-10-3-1-9(2-4-10)12-7-11(8-16-12)15-6-5-14/h1-4,7-8,15H,5-6,14H2. The summed E-state index contributed by atoms with van der Waals surface area (Å²) in [7, 11) is 0. The maximum atomic E-state index is 5.85. The lowest BCUT2D eigenvalue weighted by atomic mass is 10.2. The summed E-state index contributed by atoms with van der Waals surface area (Å²) >= 11 is 7.56. The van der Waals surface area contributed by atoms with E-state index >= 15 is 0 Å². The summed E-state index contributed by atoms with van der Waals surface area (Å²) in [6.45, 7) is 1.45. The molecule has 0 aliphatic carbocycles. The third-order valence-corrected chi connectivity index (χ3v) is 3.43. The smallest absolute Gasteiger partial charge is 0.0455 e. The summed E-state index contributed by atoms with van der Waals surface area (Å²) in [6.07, 6.45) is 0. The molecule has 0 aliphatic heterocycles. The van der Waals surface area contributed by atoms with Crippen LogP contribution in [0.25, 0.3) is 10.4 Å². The van der Waals surface area contributed by atoms with Gasteiger partial charge in [0.1, 0.15) is 0 Å². The van der Waals surface area contributed by atoms with Gasteiger partial charge in [0.2, 0.25) is 0 Å². The third kappa shape index (κ3) is 2.76. The molecule has 2 rings (SSSR count). The van der Waals surface area contributed by atoms with Crippen molar-refractivity contribution in [2.45, 2.75) is 0 Å². The molecule has 4 heteroatoms. The summed E-state index contributed by atoms with van der Waals surface area (Å²) in [5, 5.41) is 6.12. The van der Waals surface area contributed by atoms with Crippen molar-refractivity contribution in [3.8, 4) is 10.4 Å². The van der Waals surface area contributed by atoms with Gasteiger partial charge in [-0.3, -0.25) is 0 Å². The molecular weight excluding hydrogens is 240 g/mol. The van der Waals surface area contributed by atoms with Crippen molar-refractivity contribution in [2.24, 2.45) is 5.73 Å². The Kier molecular flexibility index (Phi) is 3.83. The molecule has 2 nitrogen and oxygen atoms in total. The summed E-state index contributed by atoms with van der Waals surface area (Å²) < 4.78 is 0. The third-order valence-electron chi connectivity index (χ3n) is 2.20. The van der Waals surface area contributed by atoms with Crippen LogP contribution in [0.4, 0.5) is 5.69 Å². The SMILES string of the molecule is NCCNc1csc(-c2ccc(Cl)cc2)c1. The Morgan fingerprint density at radius 3 is 2.69 bits per heavy atom. The number of rotatable bonds is 4. The van der Waals surface area contributed by atoms with Gasteiger partial charge >= 0.3 is 0 Å². The maximum absolute atomic E-state index is 5.85. The van der Waals surface area contributed by atoms with Gasteiger partial charge in [-0.2, -0.15) is 0 Å². The van der Waals surface area contributed by atoms with E-state index in [0.29, 0.717) is 6.54 Å². The van der Waals surface area contributed by atoms with Crippen LogP contribution in [0.5, 0.6) is 0 Å². The van der Waals surface area contributed by atoms with E-state index in [-0.39, 0.29) is 0 Å². The van der Waals surface area contributed by atoms with Crippen LogP contribution in [0.3, 0.4) is 0 Å². The first-order valence-electron chi connectivity index (χ1n) is 5.08. The lowest BCUT2D eigenvalue weighted by Gasteiger charge is -1.99. The summed E-state index contributed by atoms with van der Waals surface area (Å²) in [4.78, 5) is 1.23. The molecule has 1 heterocycles. The average molecular weight is 253 g/mol. The average Bonchev–Trinajstić information content (AvgIpc) is 2.76. The van der Waals surface area contributed by atoms with E-state index in [0.717, 1.165) is 17.3 Å². The van der Waals surface area contributed by atoms with Crippen LogP contribution < -0.4 is 11.1 Å². The van der Waals surface area contributed by atoms with Crippen LogP contribution in [-0.4, -0.2) is 13.1 Å². The highest BCUT2D eigenvalue weighted by Gasteiger charge is 2.01. The van der Waals surface area contributed by atoms with Crippen LogP contribution in [-0.2, 0) is 0 Å². The van der Waals surface area contributed by atoms with Crippen molar-refractivity contribution >= 4 is 28.6 Å². The molecule has 0 radical (unpaired) electrons. The number of benzene rings is 1. The van der Waals surface area contributed by atoms with Gasteiger partial charge in [0.25, 0.3) is 0 Å². The highest BCUT2D eigenvalue weighted by molar-refractivity contribution is 7.14. The summed E-state index contributed by atoms with van der Waals surface area (Å²) in [6, 6.07) is 10.00. The van der Waals surface area contributed by atoms with E-state index < -0.39 is 0 Å². The van der Waals surface area contributed by atoms with Crippen LogP contribution in [0.2, 0.25) is 5.02 Å². The fourth-order valence-electron chi connectivity index (χ4n) is 1.41. The largest absolute Gasteiger partial charge is 0.383 e. The van der Waals surface area contributed by atoms with Crippen molar-refractivity contribution < 1.29 is 0 Å². The molecule has 0 spiro atoms. The second kappa shape index (κ2) is 5.34. The molecule has 0 aliphatic rings. The number of nitrogens with one attached hydrogen (secondary N) is 1. The topological polar surface area (TPSA) is 38.0 Å². The van der Waals surface area contributed by atoms with Gasteiger partial charge in [-0.05, 0) is 23.8 Å². The maximum Gasteiger partial charge on any atom is 0.0455 e. The fraction of sp³-hybridized carbons (Fsp3) is 0.167. The molecule has 0 bridgehead atoms. The molecule has 2 aromatic rings. The minimum atomic E-state index is 0.645. The Morgan fingerprint density at radius 2 is 2.00 bits per heavy atom. The highest BCUT2D eigenvalue weighted by Crippen LogP contribution is 2.30. The zero-order valence-electron chi connectivity index (χ0n) is 8.74. The van der Waals surface area contributed by atoms with Crippen LogP contribution >= 0.6 is 22.9 Å². The number of halogens is 1. The first kappa shape index (κ1) is 11.5. The van der Waals surface area contributed by atoms with Crippen molar-refractivity contribution in [1.29, 1.82) is 0 Å². The molecule has 0 unspecified atom stereocenters. The molecule has 1 aromatic carbocycles. The molecule has 0 saturated heterocycles. The molecule has 3 N–H and O–H groups in total. The number of nitrogens with two attached hydrogens (primary N) is 1. The van der Waals surface area contributed by atoms with E-state index in [1.165, 1.54) is 10.4 Å². The van der Waals surface area contributed by atoms with Crippen molar-refractivity contribution in [2.75, 3.05) is 18.4 Å². The second-order valence-electron chi connectivity index (χ2n) is 3.42. The van der Waals surface area contributed by atoms with Crippen molar-refractivity contribution in [3.63, 3.8) is 0 Å². The van der Waals surface area contributed by atoms with E-state index in [9.17, 15) is 0 Å². The quantitative estimate of drug-likeness (QED) is 0.875. The second-order valence-corrected chi connectivity index (χ2v) is 4.77. The number of hydrogen-bond acceptors (Lipinski definition) is 3. The van der Waals surface area contributed by atoms with E-state index in [1.54, 1.807) is 11.3 Å². The Balaban J connectivity index is 2.15. The van der Waals surface area contributed by atoms with Gasteiger partial charge in [-0.1, -0.05) is 23.7 Å². The van der Waals surface area contributed by atoms with Crippen molar-refractivity contribution in [3.05, 3.63) is 40.7 Å². The van der Waals surface area contributed by atoms with Gasteiger partial charge in [-0.15, -0.1) is 11.3 Å². The molecule has 0 saturated carbocycles. The molecule has 0 atom stereocenters.